The number of hydrogen-bond donors (Lipinski definition) is 1. The van der Waals surface area contributed by atoms with E-state index in [4.69, 9.17) is 14.2 Å². The van der Waals surface area contributed by atoms with Crippen molar-refractivity contribution in [2.75, 3.05) is 20.3 Å². The highest BCUT2D eigenvalue weighted by molar-refractivity contribution is 5.95. The maximum atomic E-state index is 15.0. The number of allylic oxidation sites excluding steroid dienone is 2. The number of terminal acetylenes is 1. The van der Waals surface area contributed by atoms with Crippen LogP contribution in [0.5, 0.6) is 0 Å². The third-order valence-corrected chi connectivity index (χ3v) is 10.3. The molecule has 0 aromatic carbocycles. The number of fused-ring (bicyclic) bond motifs is 1. The van der Waals surface area contributed by atoms with Gasteiger partial charge in [-0.05, 0) is 95.1 Å². The van der Waals surface area contributed by atoms with Crippen molar-refractivity contribution in [2.24, 2.45) is 34.5 Å². The zero-order valence-corrected chi connectivity index (χ0v) is 28.9. The van der Waals surface area contributed by atoms with Gasteiger partial charge in [0, 0.05) is 25.0 Å². The molecule has 0 aromatic heterocycles. The molecule has 6 unspecified atom stereocenters. The minimum Gasteiger partial charge on any atom is -0.451 e. The SMILES string of the molecule is C#C.CC/C(C(=O)OC1C(C)=CC2(C(=O)C(/C=C(/COC)COC(C)C)C3C(CC[C@H]2C)C3(C)C)C1(C)O)=C(/C)CC(C)=O. The fourth-order valence-corrected chi connectivity index (χ4v) is 8.11. The molecule has 0 amide bonds. The van der Waals surface area contributed by atoms with E-state index in [-0.39, 0.29) is 41.3 Å². The molecular formula is C37H56O7. The molecule has 0 radical (unpaired) electrons. The Hall–Kier alpha value is -2.53. The monoisotopic (exact) mass is 612 g/mol. The lowest BCUT2D eigenvalue weighted by Crippen LogP contribution is -2.59. The highest BCUT2D eigenvalue weighted by Crippen LogP contribution is 2.68. The lowest BCUT2D eigenvalue weighted by atomic mass is 9.58. The molecule has 2 saturated carbocycles. The van der Waals surface area contributed by atoms with Crippen LogP contribution in [0.2, 0.25) is 0 Å². The van der Waals surface area contributed by atoms with Crippen molar-refractivity contribution >= 4 is 17.5 Å². The molecule has 0 bridgehead atoms. The number of carbonyl (C=O) groups excluding carboxylic acids is 3. The highest BCUT2D eigenvalue weighted by atomic mass is 16.6. The Labute approximate surface area is 265 Å². The Morgan fingerprint density at radius 3 is 2.27 bits per heavy atom. The third kappa shape index (κ3) is 7.14. The number of ketones is 2. The zero-order chi connectivity index (χ0) is 33.8. The average Bonchev–Trinajstić information content (AvgIpc) is 3.40. The standard InChI is InChI=1S/C35H54O7.C2H2/c1-12-26(21(4)15-24(7)36)32(38)42-31-22(5)17-35(34(31,10)39)23(6)13-14-28-29(33(28,8)9)27(30(35)37)16-25(18-40-11)19-41-20(2)3;1-2/h16-17,20,23,27-29,31,39H,12-15,18-19H2,1-11H3;1-2H/b25-16-,26-21+;/t23-,27?,28?,29?,31?,34?,35?;/m1./s1. The summed E-state index contributed by atoms with van der Waals surface area (Å²) in [5, 5.41) is 12.4. The van der Waals surface area contributed by atoms with Gasteiger partial charge in [0.2, 0.25) is 0 Å². The van der Waals surface area contributed by atoms with Crippen LogP contribution in [-0.2, 0) is 28.6 Å². The molecule has 7 atom stereocenters. The maximum Gasteiger partial charge on any atom is 0.334 e. The van der Waals surface area contributed by atoms with Gasteiger partial charge in [-0.2, -0.15) is 0 Å². The lowest BCUT2D eigenvalue weighted by molar-refractivity contribution is -0.176. The fourth-order valence-electron chi connectivity index (χ4n) is 8.11. The average molecular weight is 613 g/mol. The zero-order valence-electron chi connectivity index (χ0n) is 28.9. The smallest absolute Gasteiger partial charge is 0.334 e. The predicted octanol–water partition coefficient (Wildman–Crippen LogP) is 6.44. The van der Waals surface area contributed by atoms with Crippen LogP contribution in [0.15, 0.2) is 34.4 Å². The van der Waals surface area contributed by atoms with Gasteiger partial charge in [-0.15, -0.1) is 12.8 Å². The van der Waals surface area contributed by atoms with Crippen LogP contribution >= 0.6 is 0 Å². The van der Waals surface area contributed by atoms with Gasteiger partial charge in [-0.3, -0.25) is 9.59 Å². The molecule has 0 saturated heterocycles. The first-order valence-electron chi connectivity index (χ1n) is 16.0. The lowest BCUT2D eigenvalue weighted by Gasteiger charge is -2.47. The summed E-state index contributed by atoms with van der Waals surface area (Å²) < 4.78 is 17.5. The van der Waals surface area contributed by atoms with Crippen molar-refractivity contribution in [3.05, 3.63) is 34.4 Å². The molecule has 3 rings (SSSR count). The summed E-state index contributed by atoms with van der Waals surface area (Å²) >= 11 is 0. The van der Waals surface area contributed by atoms with Crippen LogP contribution in [-0.4, -0.2) is 60.8 Å². The summed E-state index contributed by atoms with van der Waals surface area (Å²) in [5.74, 6) is -0.692. The van der Waals surface area contributed by atoms with Crippen molar-refractivity contribution < 1.29 is 33.7 Å². The van der Waals surface area contributed by atoms with Gasteiger partial charge in [0.1, 0.15) is 11.4 Å². The molecular weight excluding hydrogens is 556 g/mol. The highest BCUT2D eigenvalue weighted by Gasteiger charge is 2.70. The van der Waals surface area contributed by atoms with Gasteiger partial charge < -0.3 is 19.3 Å². The van der Waals surface area contributed by atoms with Crippen LogP contribution in [0.4, 0.5) is 0 Å². The molecule has 3 aliphatic carbocycles. The Kier molecular flexibility index (Phi) is 12.6. The Morgan fingerprint density at radius 1 is 1.14 bits per heavy atom. The Balaban J connectivity index is 0.00000330. The van der Waals surface area contributed by atoms with Gasteiger partial charge in [0.25, 0.3) is 0 Å². The largest absolute Gasteiger partial charge is 0.451 e. The summed E-state index contributed by atoms with van der Waals surface area (Å²) in [6.45, 7) is 19.8. The van der Waals surface area contributed by atoms with Crippen molar-refractivity contribution in [1.82, 2.24) is 0 Å². The molecule has 1 N–H and O–H groups in total. The first kappa shape index (κ1) is 37.7. The van der Waals surface area contributed by atoms with Crippen LogP contribution < -0.4 is 0 Å². The molecule has 7 heteroatoms. The second kappa shape index (κ2) is 14.7. The van der Waals surface area contributed by atoms with E-state index in [0.29, 0.717) is 42.3 Å². The summed E-state index contributed by atoms with van der Waals surface area (Å²) in [6, 6.07) is 0. The van der Waals surface area contributed by atoms with E-state index in [2.05, 4.69) is 26.7 Å². The number of esters is 1. The van der Waals surface area contributed by atoms with Gasteiger partial charge >= 0.3 is 5.97 Å². The van der Waals surface area contributed by atoms with Gasteiger partial charge in [-0.1, -0.05) is 45.4 Å². The summed E-state index contributed by atoms with van der Waals surface area (Å²) in [5.41, 5.74) is -0.231. The molecule has 1 spiro atoms. The van der Waals surface area contributed by atoms with E-state index < -0.39 is 29.0 Å². The number of Topliss-reactive ketones (excluding diaryl/α,β-unsaturated/α-hetero) is 2. The quantitative estimate of drug-likeness (QED) is 0.124. The molecule has 7 nitrogen and oxygen atoms in total. The van der Waals surface area contributed by atoms with E-state index in [1.165, 1.54) is 6.92 Å². The third-order valence-electron chi connectivity index (χ3n) is 10.3. The molecule has 2 fully saturated rings. The molecule has 0 aliphatic heterocycles. The van der Waals surface area contributed by atoms with E-state index >= 15 is 4.79 Å². The first-order chi connectivity index (χ1) is 20.5. The Bertz CT molecular complexity index is 1200. The van der Waals surface area contributed by atoms with Crippen molar-refractivity contribution in [3.8, 4) is 12.8 Å². The van der Waals surface area contributed by atoms with Gasteiger partial charge in [0.15, 0.2) is 11.9 Å². The predicted molar refractivity (Wildman–Crippen MR) is 174 cm³/mol. The van der Waals surface area contributed by atoms with E-state index in [0.717, 1.165) is 18.4 Å². The van der Waals surface area contributed by atoms with E-state index in [1.807, 2.05) is 46.8 Å². The molecule has 246 valence electrons. The van der Waals surface area contributed by atoms with Gasteiger partial charge in [0.05, 0.1) is 24.7 Å². The maximum absolute atomic E-state index is 15.0. The fraction of sp³-hybridized carbons (Fsp3) is 0.703. The first-order valence-corrected chi connectivity index (χ1v) is 16.0. The van der Waals surface area contributed by atoms with Crippen molar-refractivity contribution in [2.45, 2.75) is 113 Å². The molecule has 3 aliphatic rings. The van der Waals surface area contributed by atoms with Crippen LogP contribution in [0.1, 0.15) is 94.9 Å². The van der Waals surface area contributed by atoms with Crippen LogP contribution in [0, 0.1) is 47.3 Å². The minimum absolute atomic E-state index is 0.0106. The molecule has 0 heterocycles. The van der Waals surface area contributed by atoms with Crippen LogP contribution in [0.25, 0.3) is 0 Å². The number of hydrogen-bond acceptors (Lipinski definition) is 7. The molecule has 0 aromatic rings. The summed E-state index contributed by atoms with van der Waals surface area (Å²) in [7, 11) is 1.64. The number of aliphatic hydroxyl groups is 1. The second-order valence-corrected chi connectivity index (χ2v) is 14.1. The minimum atomic E-state index is -1.66. The van der Waals surface area contributed by atoms with Crippen molar-refractivity contribution in [3.63, 3.8) is 0 Å². The Morgan fingerprint density at radius 2 is 1.75 bits per heavy atom. The summed E-state index contributed by atoms with van der Waals surface area (Å²) in [4.78, 5) is 40.2. The number of ether oxygens (including phenoxy) is 3. The number of rotatable bonds is 11. The second-order valence-electron chi connectivity index (χ2n) is 14.1. The number of methoxy groups -OCH3 is 1. The van der Waals surface area contributed by atoms with E-state index in [1.54, 1.807) is 21.0 Å². The van der Waals surface area contributed by atoms with Crippen molar-refractivity contribution in [1.29, 1.82) is 0 Å². The molecule has 44 heavy (non-hydrogen) atoms. The number of carbonyl (C=O) groups is 3. The van der Waals surface area contributed by atoms with Crippen LogP contribution in [0.3, 0.4) is 0 Å². The van der Waals surface area contributed by atoms with E-state index in [9.17, 15) is 14.7 Å². The topological polar surface area (TPSA) is 99.1 Å². The van der Waals surface area contributed by atoms with Gasteiger partial charge in [-0.25, -0.2) is 4.79 Å². The summed E-state index contributed by atoms with van der Waals surface area (Å²) in [6.07, 6.45) is 13.3. The normalized spacial score (nSPS) is 33.3.